The highest BCUT2D eigenvalue weighted by Crippen LogP contribution is 2.27. The Morgan fingerprint density at radius 3 is 3.31 bits per heavy atom. The molecule has 2 heterocycles. The van der Waals surface area contributed by atoms with Gasteiger partial charge in [-0.1, -0.05) is 0 Å². The first-order chi connectivity index (χ1) is 6.42. The van der Waals surface area contributed by atoms with E-state index in [-0.39, 0.29) is 0 Å². The van der Waals surface area contributed by atoms with Crippen LogP contribution in [0.4, 0.5) is 0 Å². The zero-order chi connectivity index (χ0) is 9.10. The van der Waals surface area contributed by atoms with Gasteiger partial charge in [0.1, 0.15) is 5.69 Å². The number of carbonyl (C=O) groups is 1. The number of imidazole rings is 1. The molecule has 0 N–H and O–H groups in total. The zero-order valence-corrected chi connectivity index (χ0v) is 8.17. The van der Waals surface area contributed by atoms with Gasteiger partial charge >= 0.3 is 0 Å². The van der Waals surface area contributed by atoms with Crippen molar-refractivity contribution in [3.8, 4) is 0 Å². The van der Waals surface area contributed by atoms with Crippen molar-refractivity contribution in [3.63, 3.8) is 0 Å². The van der Waals surface area contributed by atoms with Crippen molar-refractivity contribution in [1.29, 1.82) is 0 Å². The van der Waals surface area contributed by atoms with Crippen LogP contribution in [0.15, 0.2) is 12.5 Å². The molecule has 0 saturated carbocycles. The van der Waals surface area contributed by atoms with Crippen molar-refractivity contribution in [2.24, 2.45) is 0 Å². The van der Waals surface area contributed by atoms with Crippen LogP contribution in [0.25, 0.3) is 0 Å². The van der Waals surface area contributed by atoms with Crippen molar-refractivity contribution in [2.45, 2.75) is 18.9 Å². The Bertz CT molecular complexity index is 292. The lowest BCUT2D eigenvalue weighted by Crippen LogP contribution is -2.17. The molecule has 4 heteroatoms. The summed E-state index contributed by atoms with van der Waals surface area (Å²) in [4.78, 5) is 14.7. The fraction of sp³-hybridized carbons (Fsp3) is 0.556. The largest absolute Gasteiger partial charge is 0.324 e. The number of hydrogen-bond acceptors (Lipinski definition) is 3. The summed E-state index contributed by atoms with van der Waals surface area (Å²) in [7, 11) is 0. The monoisotopic (exact) mass is 196 g/mol. The summed E-state index contributed by atoms with van der Waals surface area (Å²) in [5.74, 6) is 2.36. The number of thioether (sulfide) groups is 1. The first-order valence-corrected chi connectivity index (χ1v) is 5.62. The molecule has 0 amide bonds. The highest BCUT2D eigenvalue weighted by molar-refractivity contribution is 7.99. The summed E-state index contributed by atoms with van der Waals surface area (Å²) in [6, 6.07) is 0.474. The van der Waals surface area contributed by atoms with Crippen LogP contribution in [0, 0.1) is 0 Å². The standard InChI is InChI=1S/C9H12N2OS/c12-5-9-4-10-7-11(9)8-2-1-3-13-6-8/h4-5,7-8H,1-3,6H2. The van der Waals surface area contributed by atoms with Gasteiger partial charge in [0.2, 0.25) is 0 Å². The summed E-state index contributed by atoms with van der Waals surface area (Å²) in [6.45, 7) is 0. The molecule has 1 aliphatic heterocycles. The number of hydrogen-bond donors (Lipinski definition) is 0. The van der Waals surface area contributed by atoms with Crippen molar-refractivity contribution in [3.05, 3.63) is 18.2 Å². The Labute approximate surface area is 81.5 Å². The molecular weight excluding hydrogens is 184 g/mol. The Morgan fingerprint density at radius 2 is 2.62 bits per heavy atom. The molecule has 1 aromatic heterocycles. The van der Waals surface area contributed by atoms with Crippen LogP contribution in [0.2, 0.25) is 0 Å². The fourth-order valence-corrected chi connectivity index (χ4v) is 2.79. The van der Waals surface area contributed by atoms with E-state index in [4.69, 9.17) is 0 Å². The molecular formula is C9H12N2OS. The van der Waals surface area contributed by atoms with Crippen molar-refractivity contribution in [2.75, 3.05) is 11.5 Å². The smallest absolute Gasteiger partial charge is 0.168 e. The fourth-order valence-electron chi connectivity index (χ4n) is 1.65. The van der Waals surface area contributed by atoms with E-state index in [1.165, 1.54) is 18.6 Å². The molecule has 70 valence electrons. The summed E-state index contributed by atoms with van der Waals surface area (Å²) < 4.78 is 2.00. The van der Waals surface area contributed by atoms with Crippen LogP contribution in [0.3, 0.4) is 0 Å². The highest BCUT2D eigenvalue weighted by Gasteiger charge is 2.17. The minimum Gasteiger partial charge on any atom is -0.324 e. The van der Waals surface area contributed by atoms with Gasteiger partial charge in [0, 0.05) is 11.8 Å². The molecule has 13 heavy (non-hydrogen) atoms. The lowest BCUT2D eigenvalue weighted by molar-refractivity contribution is 0.111. The maximum absolute atomic E-state index is 10.7. The van der Waals surface area contributed by atoms with E-state index in [0.29, 0.717) is 11.7 Å². The van der Waals surface area contributed by atoms with Crippen molar-refractivity contribution >= 4 is 18.0 Å². The molecule has 0 bridgehead atoms. The second kappa shape index (κ2) is 3.96. The third-order valence-electron chi connectivity index (χ3n) is 2.35. The third-order valence-corrected chi connectivity index (χ3v) is 3.54. The van der Waals surface area contributed by atoms with Gasteiger partial charge in [-0.3, -0.25) is 4.79 Å². The first-order valence-electron chi connectivity index (χ1n) is 4.46. The molecule has 0 aliphatic carbocycles. The van der Waals surface area contributed by atoms with E-state index in [9.17, 15) is 4.79 Å². The zero-order valence-electron chi connectivity index (χ0n) is 7.35. The summed E-state index contributed by atoms with van der Waals surface area (Å²) >= 11 is 1.96. The lowest BCUT2D eigenvalue weighted by Gasteiger charge is -2.23. The van der Waals surface area contributed by atoms with Gasteiger partial charge < -0.3 is 4.57 Å². The number of nitrogens with zero attached hydrogens (tertiary/aromatic N) is 2. The van der Waals surface area contributed by atoms with E-state index in [2.05, 4.69) is 4.98 Å². The van der Waals surface area contributed by atoms with E-state index >= 15 is 0 Å². The van der Waals surface area contributed by atoms with Gasteiger partial charge in [-0.05, 0) is 18.6 Å². The lowest BCUT2D eigenvalue weighted by atomic mass is 10.2. The summed E-state index contributed by atoms with van der Waals surface area (Å²) in [5.41, 5.74) is 0.701. The number of carbonyl (C=O) groups excluding carboxylic acids is 1. The molecule has 0 aromatic carbocycles. The Morgan fingerprint density at radius 1 is 1.69 bits per heavy atom. The molecule has 1 unspecified atom stereocenters. The van der Waals surface area contributed by atoms with Crippen LogP contribution in [0.1, 0.15) is 29.4 Å². The Kier molecular flexibility index (Phi) is 2.68. The topological polar surface area (TPSA) is 34.9 Å². The number of aromatic nitrogens is 2. The minimum atomic E-state index is 0.474. The van der Waals surface area contributed by atoms with Crippen LogP contribution in [0.5, 0.6) is 0 Å². The molecule has 1 fully saturated rings. The molecule has 2 rings (SSSR count). The molecule has 1 aromatic rings. The Balaban J connectivity index is 2.17. The quantitative estimate of drug-likeness (QED) is 0.676. The molecule has 1 aliphatic rings. The highest BCUT2D eigenvalue weighted by atomic mass is 32.2. The molecule has 0 spiro atoms. The second-order valence-corrected chi connectivity index (χ2v) is 4.36. The summed E-state index contributed by atoms with van der Waals surface area (Å²) in [5, 5.41) is 0. The van der Waals surface area contributed by atoms with Crippen LogP contribution in [-0.4, -0.2) is 27.3 Å². The van der Waals surface area contributed by atoms with Gasteiger partial charge in [-0.2, -0.15) is 11.8 Å². The van der Waals surface area contributed by atoms with E-state index in [0.717, 1.165) is 12.0 Å². The van der Waals surface area contributed by atoms with Crippen LogP contribution in [-0.2, 0) is 0 Å². The third kappa shape index (κ3) is 1.77. The van der Waals surface area contributed by atoms with Crippen LogP contribution < -0.4 is 0 Å². The van der Waals surface area contributed by atoms with Gasteiger partial charge in [0.05, 0.1) is 12.5 Å². The van der Waals surface area contributed by atoms with Crippen LogP contribution >= 0.6 is 11.8 Å². The first kappa shape index (κ1) is 8.81. The predicted octanol–water partition coefficient (Wildman–Crippen LogP) is 1.76. The Hall–Kier alpha value is -0.770. The van der Waals surface area contributed by atoms with Crippen molar-refractivity contribution < 1.29 is 4.79 Å². The SMILES string of the molecule is O=Cc1cncn1C1CCCSC1. The number of rotatable bonds is 2. The molecule has 1 atom stereocenters. The normalized spacial score (nSPS) is 22.9. The average Bonchev–Trinajstić information content (AvgIpc) is 2.67. The number of aldehydes is 1. The van der Waals surface area contributed by atoms with Gasteiger partial charge in [-0.15, -0.1) is 0 Å². The van der Waals surface area contributed by atoms with Crippen molar-refractivity contribution in [1.82, 2.24) is 9.55 Å². The predicted molar refractivity (Wildman–Crippen MR) is 53.2 cm³/mol. The van der Waals surface area contributed by atoms with Gasteiger partial charge in [0.15, 0.2) is 6.29 Å². The maximum atomic E-state index is 10.7. The van der Waals surface area contributed by atoms with Gasteiger partial charge in [0.25, 0.3) is 0 Å². The maximum Gasteiger partial charge on any atom is 0.168 e. The molecule has 3 nitrogen and oxygen atoms in total. The summed E-state index contributed by atoms with van der Waals surface area (Å²) in [6.07, 6.45) is 6.69. The van der Waals surface area contributed by atoms with E-state index in [1.54, 1.807) is 12.5 Å². The van der Waals surface area contributed by atoms with E-state index in [1.807, 2.05) is 16.3 Å². The molecule has 0 radical (unpaired) electrons. The molecule has 1 saturated heterocycles. The minimum absolute atomic E-state index is 0.474. The second-order valence-electron chi connectivity index (χ2n) is 3.21. The average molecular weight is 196 g/mol. The van der Waals surface area contributed by atoms with Gasteiger partial charge in [-0.25, -0.2) is 4.98 Å². The van der Waals surface area contributed by atoms with E-state index < -0.39 is 0 Å².